The second-order valence-electron chi connectivity index (χ2n) is 11.3. The molecule has 0 spiro atoms. The van der Waals surface area contributed by atoms with Crippen LogP contribution in [0, 0.1) is 24.6 Å². The van der Waals surface area contributed by atoms with Crippen LogP contribution < -0.4 is 10.2 Å². The third kappa shape index (κ3) is 4.28. The van der Waals surface area contributed by atoms with E-state index in [1.54, 1.807) is 18.3 Å². The molecule has 4 aromatic rings. The number of piperazine rings is 1. The summed E-state index contributed by atoms with van der Waals surface area (Å²) in [6.45, 7) is 4.77. The summed E-state index contributed by atoms with van der Waals surface area (Å²) in [6.07, 6.45) is 6.24. The molecule has 198 valence electrons. The number of phenolic OH excluding ortho intramolecular Hbond substituents is 1. The number of anilines is 1. The van der Waals surface area contributed by atoms with Crippen molar-refractivity contribution in [2.75, 3.05) is 31.6 Å². The fraction of sp³-hybridized carbons (Fsp3) is 0.375. The SMILES string of the molecule is Cc1cccc2cc(O)cc(-c3ncc4c(N5CC6CCC(C5)N6)cc(C#CC5CCCN5C)nc4c3F)c12. The fourth-order valence-electron chi connectivity index (χ4n) is 6.68. The van der Waals surface area contributed by atoms with Crippen molar-refractivity contribution in [2.45, 2.75) is 50.7 Å². The number of hydrogen-bond acceptors (Lipinski definition) is 6. The van der Waals surface area contributed by atoms with Gasteiger partial charge in [-0.1, -0.05) is 24.1 Å². The number of hydrogen-bond donors (Lipinski definition) is 2. The van der Waals surface area contributed by atoms with E-state index in [1.165, 1.54) is 0 Å². The zero-order valence-electron chi connectivity index (χ0n) is 22.3. The van der Waals surface area contributed by atoms with Gasteiger partial charge in [0.25, 0.3) is 0 Å². The number of halogens is 1. The van der Waals surface area contributed by atoms with Gasteiger partial charge in [-0.2, -0.15) is 0 Å². The average Bonchev–Trinajstić information content (AvgIpc) is 3.50. The first kappa shape index (κ1) is 24.3. The topological polar surface area (TPSA) is 64.5 Å². The Balaban J connectivity index is 1.42. The second-order valence-corrected chi connectivity index (χ2v) is 11.3. The zero-order valence-corrected chi connectivity index (χ0v) is 22.3. The van der Waals surface area contributed by atoms with E-state index in [9.17, 15) is 5.11 Å². The quantitative estimate of drug-likeness (QED) is 0.363. The number of rotatable bonds is 2. The molecule has 0 saturated carbocycles. The highest BCUT2D eigenvalue weighted by Crippen LogP contribution is 2.38. The van der Waals surface area contributed by atoms with Crippen LogP contribution in [0.4, 0.5) is 10.1 Å². The molecule has 3 unspecified atom stereocenters. The lowest BCUT2D eigenvalue weighted by Crippen LogP contribution is -2.51. The molecule has 3 atom stereocenters. The summed E-state index contributed by atoms with van der Waals surface area (Å²) in [5, 5.41) is 16.6. The van der Waals surface area contributed by atoms with Gasteiger partial charge in [-0.25, -0.2) is 9.37 Å². The van der Waals surface area contributed by atoms with Gasteiger partial charge >= 0.3 is 0 Å². The van der Waals surface area contributed by atoms with Crippen LogP contribution in [0.5, 0.6) is 5.75 Å². The van der Waals surface area contributed by atoms with Crippen LogP contribution in [-0.4, -0.2) is 64.8 Å². The monoisotopic (exact) mass is 521 g/mol. The van der Waals surface area contributed by atoms with E-state index in [0.717, 1.165) is 67.3 Å². The number of benzene rings is 2. The molecule has 3 aliphatic heterocycles. The first-order valence-electron chi connectivity index (χ1n) is 13.9. The summed E-state index contributed by atoms with van der Waals surface area (Å²) < 4.78 is 16.5. The molecule has 2 N–H and O–H groups in total. The Morgan fingerprint density at radius 3 is 2.69 bits per heavy atom. The summed E-state index contributed by atoms with van der Waals surface area (Å²) >= 11 is 0. The molecule has 7 rings (SSSR count). The second kappa shape index (κ2) is 9.48. The van der Waals surface area contributed by atoms with Crippen molar-refractivity contribution in [1.82, 2.24) is 20.2 Å². The van der Waals surface area contributed by atoms with Crippen LogP contribution in [0.15, 0.2) is 42.6 Å². The highest BCUT2D eigenvalue weighted by Gasteiger charge is 2.33. The van der Waals surface area contributed by atoms with E-state index >= 15 is 4.39 Å². The standard InChI is InChI=1S/C32H32FN5O/c1-19-5-3-6-20-13-25(39)15-26(29(19)20)31-30(33)32-27(16-34-31)28(38-17-22-8-9-23(18-38)35-22)14-21(36-32)10-11-24-7-4-12-37(24)2/h3,5-6,13-16,22-24,35,39H,4,7-9,12,17-18H2,1-2H3. The molecular formula is C32H32FN5O. The molecule has 0 aliphatic carbocycles. The third-order valence-corrected chi connectivity index (χ3v) is 8.64. The van der Waals surface area contributed by atoms with E-state index in [4.69, 9.17) is 4.98 Å². The van der Waals surface area contributed by atoms with Crippen LogP contribution in [0.1, 0.15) is 36.9 Å². The number of likely N-dealkylation sites (tertiary alicyclic amines) is 1. The minimum atomic E-state index is -0.483. The number of aromatic hydroxyl groups is 1. The Labute approximate surface area is 227 Å². The van der Waals surface area contributed by atoms with Gasteiger partial charge in [0.15, 0.2) is 5.82 Å². The molecule has 39 heavy (non-hydrogen) atoms. The number of fused-ring (bicyclic) bond motifs is 4. The number of aromatic nitrogens is 2. The van der Waals surface area contributed by atoms with Gasteiger partial charge in [-0.15, -0.1) is 0 Å². The molecule has 5 heterocycles. The smallest absolute Gasteiger partial charge is 0.175 e. The van der Waals surface area contributed by atoms with Crippen LogP contribution in [0.2, 0.25) is 0 Å². The fourth-order valence-corrected chi connectivity index (χ4v) is 6.68. The maximum absolute atomic E-state index is 16.5. The highest BCUT2D eigenvalue weighted by molar-refractivity contribution is 6.02. The predicted molar refractivity (Wildman–Crippen MR) is 154 cm³/mol. The van der Waals surface area contributed by atoms with E-state index in [-0.39, 0.29) is 23.0 Å². The van der Waals surface area contributed by atoms with Crippen molar-refractivity contribution in [3.8, 4) is 28.8 Å². The number of nitrogens with one attached hydrogen (secondary N) is 1. The van der Waals surface area contributed by atoms with Crippen molar-refractivity contribution in [3.05, 3.63) is 59.7 Å². The van der Waals surface area contributed by atoms with Gasteiger partial charge < -0.3 is 15.3 Å². The van der Waals surface area contributed by atoms with E-state index in [0.29, 0.717) is 28.7 Å². The lowest BCUT2D eigenvalue weighted by atomic mass is 9.96. The van der Waals surface area contributed by atoms with Crippen molar-refractivity contribution in [1.29, 1.82) is 0 Å². The lowest BCUT2D eigenvalue weighted by Gasteiger charge is -2.35. The minimum Gasteiger partial charge on any atom is -0.508 e. The molecule has 3 fully saturated rings. The van der Waals surface area contributed by atoms with E-state index in [1.807, 2.05) is 31.2 Å². The number of pyridine rings is 2. The lowest BCUT2D eigenvalue weighted by molar-refractivity contribution is 0.365. The van der Waals surface area contributed by atoms with Gasteiger partial charge in [0.05, 0.1) is 11.7 Å². The molecule has 7 heteroatoms. The van der Waals surface area contributed by atoms with Crippen LogP contribution in [0.3, 0.4) is 0 Å². The third-order valence-electron chi connectivity index (χ3n) is 8.64. The summed E-state index contributed by atoms with van der Waals surface area (Å²) in [6, 6.07) is 12.2. The number of aryl methyl sites for hydroxylation is 1. The molecule has 3 saturated heterocycles. The molecular weight excluding hydrogens is 489 g/mol. The largest absolute Gasteiger partial charge is 0.508 e. The molecule has 2 bridgehead atoms. The number of phenols is 1. The Bertz CT molecular complexity index is 1660. The normalized spacial score (nSPS) is 22.9. The summed E-state index contributed by atoms with van der Waals surface area (Å²) in [7, 11) is 2.10. The zero-order chi connectivity index (χ0) is 26.7. The summed E-state index contributed by atoms with van der Waals surface area (Å²) in [4.78, 5) is 14.0. The molecule has 3 aliphatic rings. The molecule has 2 aromatic carbocycles. The van der Waals surface area contributed by atoms with Gasteiger partial charge in [0.2, 0.25) is 0 Å². The minimum absolute atomic E-state index is 0.0784. The maximum atomic E-state index is 16.5. The average molecular weight is 522 g/mol. The van der Waals surface area contributed by atoms with Crippen molar-refractivity contribution >= 4 is 27.4 Å². The van der Waals surface area contributed by atoms with Crippen LogP contribution in [0.25, 0.3) is 32.9 Å². The Morgan fingerprint density at radius 1 is 1.10 bits per heavy atom. The van der Waals surface area contributed by atoms with Gasteiger partial charge in [-0.05, 0) is 86.7 Å². The molecule has 0 radical (unpaired) electrons. The highest BCUT2D eigenvalue weighted by atomic mass is 19.1. The van der Waals surface area contributed by atoms with Gasteiger partial charge in [0.1, 0.15) is 22.7 Å². The van der Waals surface area contributed by atoms with E-state index < -0.39 is 5.82 Å². The van der Waals surface area contributed by atoms with E-state index in [2.05, 4.69) is 39.0 Å². The molecule has 0 amide bonds. The Kier molecular flexibility index (Phi) is 5.91. The van der Waals surface area contributed by atoms with Gasteiger partial charge in [-0.3, -0.25) is 9.88 Å². The summed E-state index contributed by atoms with van der Waals surface area (Å²) in [5.74, 6) is 6.27. The summed E-state index contributed by atoms with van der Waals surface area (Å²) in [5.41, 5.74) is 3.55. The van der Waals surface area contributed by atoms with Crippen LogP contribution in [-0.2, 0) is 0 Å². The number of nitrogens with zero attached hydrogens (tertiary/aromatic N) is 4. The van der Waals surface area contributed by atoms with Crippen molar-refractivity contribution in [2.24, 2.45) is 0 Å². The maximum Gasteiger partial charge on any atom is 0.175 e. The molecule has 6 nitrogen and oxygen atoms in total. The van der Waals surface area contributed by atoms with Crippen molar-refractivity contribution in [3.63, 3.8) is 0 Å². The molecule has 2 aromatic heterocycles. The van der Waals surface area contributed by atoms with Crippen LogP contribution >= 0.6 is 0 Å². The first-order valence-corrected chi connectivity index (χ1v) is 13.9. The Hall–Kier alpha value is -3.73. The van der Waals surface area contributed by atoms with Crippen molar-refractivity contribution < 1.29 is 9.50 Å². The Morgan fingerprint density at radius 2 is 1.92 bits per heavy atom. The van der Waals surface area contributed by atoms with Gasteiger partial charge in [0, 0.05) is 42.3 Å². The predicted octanol–water partition coefficient (Wildman–Crippen LogP) is 4.99. The first-order chi connectivity index (χ1) is 18.9.